The van der Waals surface area contributed by atoms with E-state index < -0.39 is 68.4 Å². The first-order chi connectivity index (χ1) is 20.4. The fourth-order valence-corrected chi connectivity index (χ4v) is 7.19. The summed E-state index contributed by atoms with van der Waals surface area (Å²) in [5.74, 6) is -4.38. The molecule has 0 fully saturated rings. The molecule has 2 aromatic carbocycles. The molecule has 2 aromatic rings. The van der Waals surface area contributed by atoms with E-state index in [1.165, 1.54) is 0 Å². The number of nitrogens with one attached hydrogen (secondary N) is 3. The van der Waals surface area contributed by atoms with Crippen LogP contribution in [-0.2, 0) is 38.8 Å². The van der Waals surface area contributed by atoms with Gasteiger partial charge in [-0.25, -0.2) is 17.2 Å². The van der Waals surface area contributed by atoms with Crippen molar-refractivity contribution in [3.05, 3.63) is 70.8 Å². The van der Waals surface area contributed by atoms with Crippen LogP contribution in [0, 0.1) is 11.6 Å². The Morgan fingerprint density at radius 2 is 1.55 bits per heavy atom. The minimum Gasteiger partial charge on any atom is -0.390 e. The summed E-state index contributed by atoms with van der Waals surface area (Å²) in [6.07, 6.45) is 1.54. The molecule has 8 nitrogen and oxygen atoms in total. The van der Waals surface area contributed by atoms with E-state index in [0.29, 0.717) is 38.3 Å². The lowest BCUT2D eigenvalue weighted by Gasteiger charge is -2.28. The number of carbonyl (C=O) groups excluding carboxylic acids is 2. The van der Waals surface area contributed by atoms with Gasteiger partial charge in [-0.1, -0.05) is 57.9 Å². The lowest BCUT2D eigenvalue weighted by atomic mass is 10.00. The molecule has 3 atom stereocenters. The third-order valence-corrected chi connectivity index (χ3v) is 9.68. The summed E-state index contributed by atoms with van der Waals surface area (Å²) in [6.45, 7) is 6.20. The summed E-state index contributed by atoms with van der Waals surface area (Å²) < 4.78 is 54.5. The summed E-state index contributed by atoms with van der Waals surface area (Å²) in [4.78, 5) is 25.7. The highest BCUT2D eigenvalue weighted by molar-refractivity contribution is 7.92. The van der Waals surface area contributed by atoms with E-state index in [2.05, 4.69) is 16.0 Å². The van der Waals surface area contributed by atoms with Gasteiger partial charge in [0, 0.05) is 19.2 Å². The Bertz CT molecular complexity index is 1280. The van der Waals surface area contributed by atoms with Crippen molar-refractivity contribution in [1.82, 2.24) is 16.0 Å². The fourth-order valence-electron chi connectivity index (χ4n) is 4.95. The zero-order valence-corrected chi connectivity index (χ0v) is 27.8. The van der Waals surface area contributed by atoms with Gasteiger partial charge in [-0.3, -0.25) is 9.59 Å². The van der Waals surface area contributed by atoms with E-state index in [0.717, 1.165) is 29.7 Å². The second-order valence-corrected chi connectivity index (χ2v) is 13.3. The van der Waals surface area contributed by atoms with Crippen molar-refractivity contribution < 1.29 is 31.9 Å². The first kappa shape index (κ1) is 39.7. The fraction of sp³-hybridized carbons (Fsp3) is 0.548. The molecule has 0 aliphatic heterocycles. The molecule has 13 heteroatoms. The highest BCUT2D eigenvalue weighted by Gasteiger charge is 2.34. The van der Waals surface area contributed by atoms with Crippen molar-refractivity contribution in [2.24, 2.45) is 0 Å². The monoisotopic (exact) mass is 679 g/mol. The Kier molecular flexibility index (Phi) is 18.0. The molecule has 4 N–H and O–H groups in total. The van der Waals surface area contributed by atoms with Gasteiger partial charge in [0.05, 0.1) is 23.1 Å². The number of rotatable bonds is 19. The van der Waals surface area contributed by atoms with Gasteiger partial charge in [-0.2, -0.15) is 0 Å². The van der Waals surface area contributed by atoms with Crippen LogP contribution in [0.4, 0.5) is 8.78 Å². The average molecular weight is 681 g/mol. The van der Waals surface area contributed by atoms with Gasteiger partial charge in [0.2, 0.25) is 11.8 Å². The molecular weight excluding hydrogens is 635 g/mol. The smallest absolute Gasteiger partial charge is 0.243 e. The third-order valence-electron chi connectivity index (χ3n) is 7.15. The number of sulfone groups is 1. The molecule has 0 bridgehead atoms. The van der Waals surface area contributed by atoms with Gasteiger partial charge in [-0.05, 0) is 54.5 Å². The van der Waals surface area contributed by atoms with Crippen LogP contribution in [0.25, 0.3) is 0 Å². The molecule has 0 saturated carbocycles. The van der Waals surface area contributed by atoms with Crippen LogP contribution in [0.2, 0.25) is 0 Å². The minimum atomic E-state index is -3.81. The second-order valence-electron chi connectivity index (χ2n) is 10.8. The minimum absolute atomic E-state index is 0. The summed E-state index contributed by atoms with van der Waals surface area (Å²) in [5, 5.41) is 18.6. The Morgan fingerprint density at radius 1 is 0.932 bits per heavy atom. The Morgan fingerprint density at radius 3 is 2.11 bits per heavy atom. The Hall–Kier alpha value is -2.31. The molecule has 0 radical (unpaired) electrons. The molecule has 0 unspecified atom stereocenters. The van der Waals surface area contributed by atoms with Crippen LogP contribution in [0.1, 0.15) is 63.1 Å². The number of halogens is 4. The number of aliphatic hydroxyl groups excluding tert-OH is 1. The number of aryl methyl sites for hydroxylation is 1. The molecule has 0 spiro atoms. The maximum atomic E-state index is 14.0. The largest absolute Gasteiger partial charge is 0.390 e. The highest BCUT2D eigenvalue weighted by atomic mass is 35.5. The summed E-state index contributed by atoms with van der Waals surface area (Å²) >= 11 is 5.64. The van der Waals surface area contributed by atoms with E-state index in [1.807, 2.05) is 45.0 Å². The summed E-state index contributed by atoms with van der Waals surface area (Å²) in [6, 6.07) is 8.24. The number of aliphatic hydroxyl groups is 1. The quantitative estimate of drug-likeness (QED) is 0.165. The number of amides is 2. The van der Waals surface area contributed by atoms with Crippen LogP contribution in [0.5, 0.6) is 0 Å². The predicted octanol–water partition coefficient (Wildman–Crippen LogP) is 4.23. The van der Waals surface area contributed by atoms with Crippen LogP contribution < -0.4 is 16.0 Å². The van der Waals surface area contributed by atoms with Crippen LogP contribution in [0.3, 0.4) is 0 Å². The zero-order valence-electron chi connectivity index (χ0n) is 25.5. The highest BCUT2D eigenvalue weighted by Crippen LogP contribution is 2.18. The number of hydrogen-bond donors (Lipinski definition) is 4. The summed E-state index contributed by atoms with van der Waals surface area (Å²) in [5.41, 5.74) is 2.32. The number of hydrogen-bond acceptors (Lipinski definition) is 6. The lowest BCUT2D eigenvalue weighted by molar-refractivity contribution is -0.128. The first-order valence-corrected chi connectivity index (χ1v) is 17.0. The van der Waals surface area contributed by atoms with Crippen LogP contribution in [-0.4, -0.2) is 67.0 Å². The molecule has 44 heavy (non-hydrogen) atoms. The Labute approximate surface area is 271 Å². The normalized spacial score (nSPS) is 13.5. The van der Waals surface area contributed by atoms with Crippen molar-refractivity contribution in [3.8, 4) is 0 Å². The maximum absolute atomic E-state index is 14.0. The van der Waals surface area contributed by atoms with E-state index in [1.54, 1.807) is 0 Å². The van der Waals surface area contributed by atoms with Gasteiger partial charge in [0.25, 0.3) is 0 Å². The van der Waals surface area contributed by atoms with Crippen molar-refractivity contribution in [2.75, 3.05) is 18.2 Å². The van der Waals surface area contributed by atoms with Crippen molar-refractivity contribution in [1.29, 1.82) is 0 Å². The molecule has 0 heterocycles. The molecule has 2 amide bonds. The number of carbonyl (C=O) groups is 2. The zero-order chi connectivity index (χ0) is 32.0. The molecule has 248 valence electrons. The van der Waals surface area contributed by atoms with E-state index >= 15 is 0 Å². The summed E-state index contributed by atoms with van der Waals surface area (Å²) in [7, 11) is -3.81. The first-order valence-electron chi connectivity index (χ1n) is 14.7. The predicted molar refractivity (Wildman–Crippen MR) is 173 cm³/mol. The van der Waals surface area contributed by atoms with E-state index in [-0.39, 0.29) is 30.9 Å². The third kappa shape index (κ3) is 13.4. The average Bonchev–Trinajstić information content (AvgIpc) is 2.95. The van der Waals surface area contributed by atoms with Gasteiger partial charge in [0.1, 0.15) is 23.6 Å². The van der Waals surface area contributed by atoms with Crippen LogP contribution >= 0.6 is 24.0 Å². The molecule has 0 aliphatic rings. The van der Waals surface area contributed by atoms with Gasteiger partial charge in [0.15, 0.2) is 9.84 Å². The number of alkyl halides is 1. The molecule has 0 aliphatic carbocycles. The number of benzene rings is 2. The SMILES string of the molecule is CCCC(CCC)S(=O)(=O)C[C@@H](NC(=O)CCl)C(=O)N[C@@H](Cc1cc(F)cc(F)c1)[C@H](O)CNCc1cccc(CC)c1.Cl. The second kappa shape index (κ2) is 19.9. The standard InChI is InChI=1S/C31H44ClF2N3O5S.ClH/c1-4-8-26(9-5-2)43(41,42)20-28(36-30(39)17-32)31(40)37-27(15-23-13-24(33)16-25(34)14-23)29(38)19-35-18-22-11-7-10-21(6-3)12-22;/h7,10-14,16,26-29,35,38H,4-6,8-9,15,17-20H2,1-3H3,(H,36,39)(H,37,40);1H/t27-,28+,29+;/m0./s1. The molecule has 0 aromatic heterocycles. The maximum Gasteiger partial charge on any atom is 0.243 e. The molecule has 0 saturated heterocycles. The van der Waals surface area contributed by atoms with E-state index in [4.69, 9.17) is 11.6 Å². The van der Waals surface area contributed by atoms with Gasteiger partial charge in [-0.15, -0.1) is 24.0 Å². The topological polar surface area (TPSA) is 125 Å². The molecule has 2 rings (SSSR count). The van der Waals surface area contributed by atoms with Gasteiger partial charge >= 0.3 is 0 Å². The van der Waals surface area contributed by atoms with Crippen molar-refractivity contribution >= 4 is 45.7 Å². The lowest BCUT2D eigenvalue weighted by Crippen LogP contribution is -2.57. The van der Waals surface area contributed by atoms with Crippen LogP contribution in [0.15, 0.2) is 42.5 Å². The van der Waals surface area contributed by atoms with Crippen molar-refractivity contribution in [2.45, 2.75) is 89.3 Å². The van der Waals surface area contributed by atoms with Crippen molar-refractivity contribution in [3.63, 3.8) is 0 Å². The molecular formula is C31H45Cl2F2N3O5S. The van der Waals surface area contributed by atoms with E-state index in [9.17, 15) is 31.9 Å². The van der Waals surface area contributed by atoms with Gasteiger partial charge < -0.3 is 21.1 Å². The Balaban J connectivity index is 0.00000968.